The second kappa shape index (κ2) is 6.57. The van der Waals surface area contributed by atoms with E-state index in [-0.39, 0.29) is 5.75 Å². The van der Waals surface area contributed by atoms with E-state index in [1.807, 2.05) is 6.07 Å². The Bertz CT molecular complexity index is 669. The van der Waals surface area contributed by atoms with Gasteiger partial charge in [0.2, 0.25) is 0 Å². The van der Waals surface area contributed by atoms with Crippen LogP contribution in [0.25, 0.3) is 0 Å². The van der Waals surface area contributed by atoms with E-state index in [0.717, 1.165) is 0 Å². The minimum absolute atomic E-state index is 0.000732. The van der Waals surface area contributed by atoms with Crippen molar-refractivity contribution in [1.29, 1.82) is 5.26 Å². The van der Waals surface area contributed by atoms with E-state index < -0.39 is 6.61 Å². The number of alkyl halides is 2. The number of para-hydroxylation sites is 2. The smallest absolute Gasteiger partial charge is 0.387 e. The van der Waals surface area contributed by atoms with Crippen LogP contribution in [0.4, 0.5) is 20.2 Å². The maximum Gasteiger partial charge on any atom is 0.387 e. The molecule has 2 aromatic carbocycles. The number of benzene rings is 2. The summed E-state index contributed by atoms with van der Waals surface area (Å²) in [5.41, 5.74) is 1.15. The number of hydrogen-bond acceptors (Lipinski definition) is 4. The highest BCUT2D eigenvalue weighted by Crippen LogP contribution is 2.31. The lowest BCUT2D eigenvalue weighted by Gasteiger charge is -2.14. The summed E-state index contributed by atoms with van der Waals surface area (Å²) in [6.45, 7) is -2.92. The Hall–Kier alpha value is -2.81. The Balaban J connectivity index is 2.36. The van der Waals surface area contributed by atoms with Crippen LogP contribution in [-0.4, -0.2) is 13.7 Å². The molecule has 0 spiro atoms. The Morgan fingerprint density at radius 2 is 1.90 bits per heavy atom. The topological polar surface area (TPSA) is 54.3 Å². The molecule has 21 heavy (non-hydrogen) atoms. The maximum atomic E-state index is 12.4. The zero-order chi connectivity index (χ0) is 15.2. The van der Waals surface area contributed by atoms with Crippen molar-refractivity contribution in [2.75, 3.05) is 12.4 Å². The van der Waals surface area contributed by atoms with Gasteiger partial charge in [0.25, 0.3) is 0 Å². The van der Waals surface area contributed by atoms with Crippen molar-refractivity contribution in [2.24, 2.45) is 0 Å². The van der Waals surface area contributed by atoms with Gasteiger partial charge >= 0.3 is 6.61 Å². The summed E-state index contributed by atoms with van der Waals surface area (Å²) in [5, 5.41) is 12.0. The molecular weight excluding hydrogens is 278 g/mol. The van der Waals surface area contributed by atoms with Gasteiger partial charge in [0, 0.05) is 6.07 Å². The fraction of sp³-hybridized carbons (Fsp3) is 0.133. The predicted octanol–water partition coefficient (Wildman–Crippen LogP) is 3.91. The van der Waals surface area contributed by atoms with Crippen LogP contribution < -0.4 is 14.8 Å². The molecule has 108 valence electrons. The summed E-state index contributed by atoms with van der Waals surface area (Å²) in [7, 11) is 1.50. The highest BCUT2D eigenvalue weighted by atomic mass is 19.3. The number of halogens is 2. The monoisotopic (exact) mass is 290 g/mol. The van der Waals surface area contributed by atoms with E-state index in [2.05, 4.69) is 10.1 Å². The minimum Gasteiger partial charge on any atom is -0.497 e. The number of methoxy groups -OCH3 is 1. The van der Waals surface area contributed by atoms with E-state index in [1.54, 1.807) is 36.4 Å². The van der Waals surface area contributed by atoms with E-state index in [9.17, 15) is 8.78 Å². The third-order valence-electron chi connectivity index (χ3n) is 2.72. The van der Waals surface area contributed by atoms with Crippen molar-refractivity contribution < 1.29 is 18.3 Å². The highest BCUT2D eigenvalue weighted by molar-refractivity contribution is 5.71. The number of anilines is 2. The van der Waals surface area contributed by atoms with Crippen LogP contribution in [-0.2, 0) is 0 Å². The van der Waals surface area contributed by atoms with E-state index in [1.165, 1.54) is 13.2 Å². The molecule has 0 saturated heterocycles. The predicted molar refractivity (Wildman–Crippen MR) is 74.1 cm³/mol. The average molecular weight is 290 g/mol. The number of nitrogens with one attached hydrogen (secondary N) is 1. The minimum atomic E-state index is -2.92. The van der Waals surface area contributed by atoms with Crippen LogP contribution in [0.1, 0.15) is 5.56 Å². The van der Waals surface area contributed by atoms with Gasteiger partial charge in [0.1, 0.15) is 17.6 Å². The number of nitrogens with zero attached hydrogens (tertiary/aromatic N) is 1. The van der Waals surface area contributed by atoms with Gasteiger partial charge in [0.15, 0.2) is 0 Å². The largest absolute Gasteiger partial charge is 0.497 e. The molecule has 0 bridgehead atoms. The quantitative estimate of drug-likeness (QED) is 0.907. The molecule has 0 radical (unpaired) electrons. The van der Waals surface area contributed by atoms with E-state index in [4.69, 9.17) is 10.00 Å². The molecule has 0 aliphatic heterocycles. The number of rotatable bonds is 5. The molecule has 0 unspecified atom stereocenters. The van der Waals surface area contributed by atoms with Crippen molar-refractivity contribution in [2.45, 2.75) is 6.61 Å². The van der Waals surface area contributed by atoms with Gasteiger partial charge in [-0.25, -0.2) is 0 Å². The second-order valence-corrected chi connectivity index (χ2v) is 4.02. The van der Waals surface area contributed by atoms with Crippen molar-refractivity contribution >= 4 is 11.4 Å². The molecule has 1 N–H and O–H groups in total. The van der Waals surface area contributed by atoms with Crippen LogP contribution in [0.15, 0.2) is 42.5 Å². The first-order chi connectivity index (χ1) is 10.1. The fourth-order valence-electron chi connectivity index (χ4n) is 1.76. The zero-order valence-electron chi connectivity index (χ0n) is 11.1. The molecule has 6 heteroatoms. The van der Waals surface area contributed by atoms with Gasteiger partial charge in [0.05, 0.1) is 24.0 Å². The first-order valence-corrected chi connectivity index (χ1v) is 6.03. The van der Waals surface area contributed by atoms with E-state index in [0.29, 0.717) is 22.7 Å². The lowest BCUT2D eigenvalue weighted by molar-refractivity contribution is -0.0493. The van der Waals surface area contributed by atoms with Gasteiger partial charge in [-0.05, 0) is 24.3 Å². The molecule has 0 aromatic heterocycles. The summed E-state index contributed by atoms with van der Waals surface area (Å²) >= 11 is 0. The van der Waals surface area contributed by atoms with Crippen LogP contribution in [0.5, 0.6) is 11.5 Å². The molecule has 0 fully saturated rings. The SMILES string of the molecule is COc1ccc(C#N)c(Nc2ccccc2OC(F)F)c1. The summed E-state index contributed by atoms with van der Waals surface area (Å²) in [4.78, 5) is 0. The number of nitriles is 1. The van der Waals surface area contributed by atoms with Crippen molar-refractivity contribution in [3.63, 3.8) is 0 Å². The molecule has 0 aliphatic carbocycles. The number of hydrogen-bond donors (Lipinski definition) is 1. The highest BCUT2D eigenvalue weighted by Gasteiger charge is 2.11. The molecule has 2 rings (SSSR count). The third kappa shape index (κ3) is 3.60. The molecule has 0 heterocycles. The molecule has 0 amide bonds. The summed E-state index contributed by atoms with van der Waals surface area (Å²) in [6.07, 6.45) is 0. The number of ether oxygens (including phenoxy) is 2. The Morgan fingerprint density at radius 1 is 1.14 bits per heavy atom. The van der Waals surface area contributed by atoms with Crippen LogP contribution in [0.3, 0.4) is 0 Å². The third-order valence-corrected chi connectivity index (χ3v) is 2.72. The van der Waals surface area contributed by atoms with Gasteiger partial charge < -0.3 is 14.8 Å². The van der Waals surface area contributed by atoms with Gasteiger partial charge in [-0.3, -0.25) is 0 Å². The van der Waals surface area contributed by atoms with Gasteiger partial charge in [-0.1, -0.05) is 12.1 Å². The Kier molecular flexibility index (Phi) is 4.57. The normalized spacial score (nSPS) is 10.0. The summed E-state index contributed by atoms with van der Waals surface area (Å²) < 4.78 is 34.3. The molecule has 0 saturated carbocycles. The zero-order valence-corrected chi connectivity index (χ0v) is 11.1. The lowest BCUT2D eigenvalue weighted by atomic mass is 10.1. The average Bonchev–Trinajstić information content (AvgIpc) is 2.48. The van der Waals surface area contributed by atoms with Crippen molar-refractivity contribution in [1.82, 2.24) is 0 Å². The first kappa shape index (κ1) is 14.6. The lowest BCUT2D eigenvalue weighted by Crippen LogP contribution is -2.04. The molecular formula is C15H12F2N2O2. The van der Waals surface area contributed by atoms with Crippen LogP contribution in [0.2, 0.25) is 0 Å². The fourth-order valence-corrected chi connectivity index (χ4v) is 1.76. The molecule has 4 nitrogen and oxygen atoms in total. The maximum absolute atomic E-state index is 12.4. The van der Waals surface area contributed by atoms with E-state index >= 15 is 0 Å². The van der Waals surface area contributed by atoms with Gasteiger partial charge in [-0.15, -0.1) is 0 Å². The second-order valence-electron chi connectivity index (χ2n) is 4.02. The molecule has 0 aliphatic rings. The molecule has 0 atom stereocenters. The Morgan fingerprint density at radius 3 is 2.57 bits per heavy atom. The summed E-state index contributed by atoms with van der Waals surface area (Å²) in [6, 6.07) is 13.1. The van der Waals surface area contributed by atoms with Crippen LogP contribution >= 0.6 is 0 Å². The van der Waals surface area contributed by atoms with Crippen LogP contribution in [0, 0.1) is 11.3 Å². The summed E-state index contributed by atoms with van der Waals surface area (Å²) in [5.74, 6) is 0.544. The Labute approximate surface area is 120 Å². The standard InChI is InChI=1S/C15H12F2N2O2/c1-20-11-7-6-10(9-18)13(8-11)19-12-4-2-3-5-14(12)21-15(16)17/h2-8,15,19H,1H3. The first-order valence-electron chi connectivity index (χ1n) is 6.03. The van der Waals surface area contributed by atoms with Gasteiger partial charge in [-0.2, -0.15) is 14.0 Å². The van der Waals surface area contributed by atoms with Crippen molar-refractivity contribution in [3.8, 4) is 17.6 Å². The van der Waals surface area contributed by atoms with Crippen molar-refractivity contribution in [3.05, 3.63) is 48.0 Å². The molecule has 2 aromatic rings.